The Morgan fingerprint density at radius 1 is 1.09 bits per heavy atom. The number of hydrogen-bond acceptors (Lipinski definition) is 4. The first-order valence-electron chi connectivity index (χ1n) is 7.06. The highest BCUT2D eigenvalue weighted by Gasteiger charge is 2.30. The summed E-state index contributed by atoms with van der Waals surface area (Å²) in [6, 6.07) is 11.0. The van der Waals surface area contributed by atoms with Crippen LogP contribution >= 0.6 is 0 Å². The highest BCUT2D eigenvalue weighted by atomic mass is 32.2. The molecule has 3 rings (SSSR count). The minimum Gasteiger partial charge on any atom is -0.454 e. The summed E-state index contributed by atoms with van der Waals surface area (Å²) in [6.45, 7) is 3.76. The molecular weight excluding hydrogens is 316 g/mol. The zero-order valence-corrected chi connectivity index (χ0v) is 13.5. The number of sulfonamides is 1. The molecule has 7 heteroatoms. The number of nitrogens with zero attached hydrogens (tertiary/aromatic N) is 1. The van der Waals surface area contributed by atoms with Crippen molar-refractivity contribution in [3.8, 4) is 11.5 Å². The van der Waals surface area contributed by atoms with E-state index in [9.17, 15) is 13.2 Å². The molecule has 0 bridgehead atoms. The van der Waals surface area contributed by atoms with Crippen molar-refractivity contribution in [2.75, 3.05) is 4.90 Å². The highest BCUT2D eigenvalue weighted by molar-refractivity contribution is 7.89. The molecule has 6 nitrogen and oxygen atoms in total. The lowest BCUT2D eigenvalue weighted by Crippen LogP contribution is -2.36. The minimum atomic E-state index is -3.86. The summed E-state index contributed by atoms with van der Waals surface area (Å²) in [4.78, 5) is 14.3. The first kappa shape index (κ1) is 15.5. The van der Waals surface area contributed by atoms with Crippen molar-refractivity contribution in [2.45, 2.75) is 24.8 Å². The molecule has 0 fully saturated rings. The van der Waals surface area contributed by atoms with Crippen molar-refractivity contribution in [3.63, 3.8) is 0 Å². The molecule has 0 unspecified atom stereocenters. The van der Waals surface area contributed by atoms with E-state index in [-0.39, 0.29) is 22.6 Å². The van der Waals surface area contributed by atoms with Gasteiger partial charge in [-0.1, -0.05) is 12.1 Å². The molecule has 23 heavy (non-hydrogen) atoms. The van der Waals surface area contributed by atoms with E-state index in [4.69, 9.17) is 9.88 Å². The normalized spacial score (nSPS) is 14.1. The smallest absolute Gasteiger partial charge is 0.262 e. The summed E-state index contributed by atoms with van der Waals surface area (Å²) in [7, 11) is -3.86. The summed E-state index contributed by atoms with van der Waals surface area (Å²) < 4.78 is 28.9. The van der Waals surface area contributed by atoms with E-state index in [0.717, 1.165) is 0 Å². The number of benzene rings is 2. The van der Waals surface area contributed by atoms with E-state index in [1.807, 2.05) is 13.8 Å². The Hall–Kier alpha value is -2.38. The molecule has 2 aromatic carbocycles. The fourth-order valence-electron chi connectivity index (χ4n) is 2.55. The first-order chi connectivity index (χ1) is 10.8. The van der Waals surface area contributed by atoms with Gasteiger partial charge in [0.05, 0.1) is 16.1 Å². The zero-order chi connectivity index (χ0) is 16.8. The fraction of sp³-hybridized carbons (Fsp3) is 0.188. The summed E-state index contributed by atoms with van der Waals surface area (Å²) >= 11 is 0. The number of rotatable bonds is 2. The van der Waals surface area contributed by atoms with Gasteiger partial charge in [0.15, 0.2) is 5.75 Å². The topological polar surface area (TPSA) is 89.7 Å². The van der Waals surface area contributed by atoms with E-state index in [1.165, 1.54) is 12.1 Å². The maximum atomic E-state index is 12.8. The third kappa shape index (κ3) is 2.69. The molecule has 0 radical (unpaired) electrons. The average Bonchev–Trinajstić information content (AvgIpc) is 2.59. The van der Waals surface area contributed by atoms with E-state index >= 15 is 0 Å². The number of carbonyl (C=O) groups excluding carboxylic acids is 1. The largest absolute Gasteiger partial charge is 0.454 e. The van der Waals surface area contributed by atoms with Crippen LogP contribution in [-0.2, 0) is 10.0 Å². The van der Waals surface area contributed by atoms with Crippen molar-refractivity contribution in [3.05, 3.63) is 48.0 Å². The molecular formula is C16H16N2O4S. The molecule has 0 saturated carbocycles. The second-order valence-electron chi connectivity index (χ2n) is 5.54. The second-order valence-corrected chi connectivity index (χ2v) is 7.10. The van der Waals surface area contributed by atoms with Gasteiger partial charge in [0.25, 0.3) is 5.91 Å². The quantitative estimate of drug-likeness (QED) is 0.915. The number of para-hydroxylation sites is 1. The summed E-state index contributed by atoms with van der Waals surface area (Å²) in [5.74, 6) is 0.467. The number of fused-ring (bicyclic) bond motifs is 2. The summed E-state index contributed by atoms with van der Waals surface area (Å²) in [5, 5.41) is 5.18. The van der Waals surface area contributed by atoms with Crippen molar-refractivity contribution in [1.82, 2.24) is 0 Å². The van der Waals surface area contributed by atoms with E-state index in [2.05, 4.69) is 0 Å². The van der Waals surface area contributed by atoms with E-state index < -0.39 is 10.0 Å². The summed E-state index contributed by atoms with van der Waals surface area (Å²) in [5.41, 5.74) is 0.933. The maximum absolute atomic E-state index is 12.8. The molecule has 0 aromatic heterocycles. The third-order valence-electron chi connectivity index (χ3n) is 3.59. The van der Waals surface area contributed by atoms with Crippen LogP contribution < -0.4 is 14.8 Å². The molecule has 0 atom stereocenters. The van der Waals surface area contributed by atoms with Crippen LogP contribution in [0.3, 0.4) is 0 Å². The Labute approximate surface area is 134 Å². The second kappa shape index (κ2) is 5.36. The number of anilines is 1. The molecule has 120 valence electrons. The molecule has 2 aromatic rings. The number of nitrogens with two attached hydrogens (primary N) is 1. The monoisotopic (exact) mass is 332 g/mol. The average molecular weight is 332 g/mol. The van der Waals surface area contributed by atoms with Gasteiger partial charge in [-0.05, 0) is 38.1 Å². The van der Waals surface area contributed by atoms with Gasteiger partial charge in [-0.25, -0.2) is 13.6 Å². The van der Waals surface area contributed by atoms with Gasteiger partial charge < -0.3 is 9.64 Å². The minimum absolute atomic E-state index is 0.0632. The molecule has 0 aliphatic carbocycles. The van der Waals surface area contributed by atoms with Gasteiger partial charge in [0, 0.05) is 12.1 Å². The number of ether oxygens (including phenoxy) is 1. The van der Waals surface area contributed by atoms with Crippen molar-refractivity contribution < 1.29 is 17.9 Å². The van der Waals surface area contributed by atoms with Crippen LogP contribution in [0, 0.1) is 0 Å². The molecule has 1 aliphatic heterocycles. The van der Waals surface area contributed by atoms with E-state index in [0.29, 0.717) is 17.0 Å². The predicted molar refractivity (Wildman–Crippen MR) is 86.3 cm³/mol. The Balaban J connectivity index is 2.27. The molecule has 1 heterocycles. The van der Waals surface area contributed by atoms with Crippen molar-refractivity contribution in [1.29, 1.82) is 0 Å². The Bertz CT molecular complexity index is 891. The first-order valence-corrected chi connectivity index (χ1v) is 8.61. The third-order valence-corrected chi connectivity index (χ3v) is 4.50. The van der Waals surface area contributed by atoms with Crippen molar-refractivity contribution in [2.24, 2.45) is 5.14 Å². The van der Waals surface area contributed by atoms with Crippen LogP contribution in [0.2, 0.25) is 0 Å². The number of hydrogen-bond donors (Lipinski definition) is 1. The van der Waals surface area contributed by atoms with Gasteiger partial charge in [-0.2, -0.15) is 0 Å². The number of amides is 1. The van der Waals surface area contributed by atoms with Crippen LogP contribution in [0.4, 0.5) is 5.69 Å². The van der Waals surface area contributed by atoms with Crippen LogP contribution in [-0.4, -0.2) is 20.4 Å². The van der Waals surface area contributed by atoms with Gasteiger partial charge >= 0.3 is 0 Å². The fourth-order valence-corrected chi connectivity index (χ4v) is 3.08. The van der Waals surface area contributed by atoms with Crippen LogP contribution in [0.5, 0.6) is 11.5 Å². The molecule has 0 spiro atoms. The van der Waals surface area contributed by atoms with Gasteiger partial charge in [0.2, 0.25) is 10.0 Å². The standard InChI is InChI=1S/C16H16N2O4S/c1-10(2)18-13-8-7-11(23(17,20)21)9-15(13)22-14-6-4-3-5-12(14)16(18)19/h3-10H,1-2H3,(H2,17,20,21). The van der Waals surface area contributed by atoms with Crippen LogP contribution in [0.1, 0.15) is 24.2 Å². The molecule has 2 N–H and O–H groups in total. The Morgan fingerprint density at radius 3 is 2.43 bits per heavy atom. The lowest BCUT2D eigenvalue weighted by atomic mass is 10.1. The lowest BCUT2D eigenvalue weighted by Gasteiger charge is -2.26. The molecule has 1 amide bonds. The number of carbonyl (C=O) groups is 1. The summed E-state index contributed by atoms with van der Waals surface area (Å²) in [6.07, 6.45) is 0. The van der Waals surface area contributed by atoms with Crippen LogP contribution in [0.15, 0.2) is 47.4 Å². The van der Waals surface area contributed by atoms with Gasteiger partial charge in [0.1, 0.15) is 5.75 Å². The molecule has 0 saturated heterocycles. The SMILES string of the molecule is CC(C)N1C(=O)c2ccccc2Oc2cc(S(N)(=O)=O)ccc21. The van der Waals surface area contributed by atoms with Crippen LogP contribution in [0.25, 0.3) is 0 Å². The maximum Gasteiger partial charge on any atom is 0.262 e. The molecule has 1 aliphatic rings. The lowest BCUT2D eigenvalue weighted by molar-refractivity contribution is 0.0980. The predicted octanol–water partition coefficient (Wildman–Crippen LogP) is 2.49. The Kier molecular flexibility index (Phi) is 3.62. The van der Waals surface area contributed by atoms with Gasteiger partial charge in [-0.15, -0.1) is 0 Å². The van der Waals surface area contributed by atoms with E-state index in [1.54, 1.807) is 35.2 Å². The van der Waals surface area contributed by atoms with Crippen molar-refractivity contribution >= 4 is 21.6 Å². The number of primary sulfonamides is 1. The highest BCUT2D eigenvalue weighted by Crippen LogP contribution is 2.40. The van der Waals surface area contributed by atoms with Gasteiger partial charge in [-0.3, -0.25) is 4.79 Å². The Morgan fingerprint density at radius 2 is 1.78 bits per heavy atom. The zero-order valence-electron chi connectivity index (χ0n) is 12.7.